The van der Waals surface area contributed by atoms with E-state index < -0.39 is 0 Å². The Balaban J connectivity index is 1.54. The number of rotatable bonds is 2. The summed E-state index contributed by atoms with van der Waals surface area (Å²) in [5.74, 6) is 0.166. The van der Waals surface area contributed by atoms with Gasteiger partial charge in [-0.05, 0) is 6.92 Å². The fourth-order valence-corrected chi connectivity index (χ4v) is 3.41. The fourth-order valence-electron chi connectivity index (χ4n) is 2.55. The number of carbonyl (C=O) groups excluding carboxylic acids is 1. The molecule has 2 aliphatic heterocycles. The van der Waals surface area contributed by atoms with E-state index in [2.05, 4.69) is 20.6 Å². The molecule has 0 radical (unpaired) electrons. The van der Waals surface area contributed by atoms with Crippen molar-refractivity contribution in [2.24, 2.45) is 0 Å². The van der Waals surface area contributed by atoms with Crippen LogP contribution in [0.4, 0.5) is 5.13 Å². The van der Waals surface area contributed by atoms with E-state index in [-0.39, 0.29) is 11.9 Å². The van der Waals surface area contributed by atoms with Crippen molar-refractivity contribution in [1.29, 1.82) is 0 Å². The predicted octanol–water partition coefficient (Wildman–Crippen LogP) is 0.0885. The van der Waals surface area contributed by atoms with Gasteiger partial charge in [0.15, 0.2) is 5.13 Å². The first kappa shape index (κ1) is 13.8. The molecule has 1 unspecified atom stereocenters. The van der Waals surface area contributed by atoms with Crippen LogP contribution >= 0.6 is 11.3 Å². The number of amides is 1. The van der Waals surface area contributed by atoms with Crippen LogP contribution in [0.1, 0.15) is 5.69 Å². The molecule has 6 nitrogen and oxygen atoms in total. The average Bonchev–Trinajstić information content (AvgIpc) is 2.94. The Morgan fingerprint density at radius 3 is 2.85 bits per heavy atom. The van der Waals surface area contributed by atoms with Crippen molar-refractivity contribution in [3.63, 3.8) is 0 Å². The van der Waals surface area contributed by atoms with Crippen LogP contribution in [0.25, 0.3) is 0 Å². The van der Waals surface area contributed by atoms with Gasteiger partial charge in [-0.15, -0.1) is 11.3 Å². The normalized spacial score (nSPS) is 23.9. The molecule has 3 rings (SSSR count). The maximum absolute atomic E-state index is 12.4. The fraction of sp³-hybridized carbons (Fsp3) is 0.692. The molecular formula is C13H20N4O2S. The Morgan fingerprint density at radius 1 is 1.45 bits per heavy atom. The summed E-state index contributed by atoms with van der Waals surface area (Å²) in [6, 6.07) is -0.169. The van der Waals surface area contributed by atoms with Crippen molar-refractivity contribution in [2.75, 3.05) is 50.8 Å². The van der Waals surface area contributed by atoms with Crippen molar-refractivity contribution < 1.29 is 9.53 Å². The van der Waals surface area contributed by atoms with Crippen molar-refractivity contribution in [1.82, 2.24) is 15.2 Å². The van der Waals surface area contributed by atoms with Crippen molar-refractivity contribution in [3.05, 3.63) is 11.1 Å². The number of morpholine rings is 1. The minimum Gasteiger partial charge on any atom is -0.378 e. The van der Waals surface area contributed by atoms with Crippen LogP contribution in [0, 0.1) is 6.92 Å². The van der Waals surface area contributed by atoms with E-state index in [0.717, 1.165) is 43.5 Å². The maximum atomic E-state index is 12.4. The first-order chi connectivity index (χ1) is 9.74. The second-order valence-corrected chi connectivity index (χ2v) is 6.00. The molecule has 20 heavy (non-hydrogen) atoms. The summed E-state index contributed by atoms with van der Waals surface area (Å²) in [6.07, 6.45) is 0. The lowest BCUT2D eigenvalue weighted by Gasteiger charge is -2.37. The molecule has 110 valence electrons. The van der Waals surface area contributed by atoms with E-state index >= 15 is 0 Å². The average molecular weight is 296 g/mol. The third-order valence-corrected chi connectivity index (χ3v) is 4.71. The lowest BCUT2D eigenvalue weighted by molar-refractivity contribution is -0.136. The van der Waals surface area contributed by atoms with Crippen LogP contribution < -0.4 is 10.2 Å². The van der Waals surface area contributed by atoms with Gasteiger partial charge < -0.3 is 19.9 Å². The van der Waals surface area contributed by atoms with Crippen LogP contribution in [0.2, 0.25) is 0 Å². The molecule has 1 aromatic heterocycles. The number of piperazine rings is 1. The first-order valence-corrected chi connectivity index (χ1v) is 7.89. The van der Waals surface area contributed by atoms with Crippen LogP contribution in [0.3, 0.4) is 0 Å². The molecule has 1 atom stereocenters. The number of ether oxygens (including phenoxy) is 1. The first-order valence-electron chi connectivity index (χ1n) is 7.01. The second kappa shape index (κ2) is 6.07. The number of thiazole rings is 1. The quantitative estimate of drug-likeness (QED) is 0.838. The molecule has 1 N–H and O–H groups in total. The lowest BCUT2D eigenvalue weighted by Crippen LogP contribution is -2.57. The Bertz CT molecular complexity index is 465. The highest BCUT2D eigenvalue weighted by atomic mass is 32.1. The maximum Gasteiger partial charge on any atom is 0.242 e. The molecule has 2 saturated heterocycles. The van der Waals surface area contributed by atoms with Gasteiger partial charge in [0, 0.05) is 38.1 Å². The highest BCUT2D eigenvalue weighted by Gasteiger charge is 2.29. The van der Waals surface area contributed by atoms with Gasteiger partial charge in [-0.3, -0.25) is 4.79 Å². The smallest absolute Gasteiger partial charge is 0.242 e. The van der Waals surface area contributed by atoms with Gasteiger partial charge in [0.05, 0.1) is 18.9 Å². The van der Waals surface area contributed by atoms with Crippen molar-refractivity contribution in [2.45, 2.75) is 13.0 Å². The minimum atomic E-state index is -0.169. The summed E-state index contributed by atoms with van der Waals surface area (Å²) >= 11 is 1.67. The molecule has 1 aromatic rings. The summed E-state index contributed by atoms with van der Waals surface area (Å²) in [5.41, 5.74) is 1.06. The summed E-state index contributed by atoms with van der Waals surface area (Å²) in [5, 5.41) is 6.35. The Hall–Kier alpha value is -1.18. The van der Waals surface area contributed by atoms with Gasteiger partial charge in [0.2, 0.25) is 5.91 Å². The van der Waals surface area contributed by atoms with Crippen LogP contribution in [-0.4, -0.2) is 67.8 Å². The molecule has 2 fully saturated rings. The predicted molar refractivity (Wildman–Crippen MR) is 78.3 cm³/mol. The van der Waals surface area contributed by atoms with E-state index in [1.54, 1.807) is 11.3 Å². The molecule has 1 amide bonds. The monoisotopic (exact) mass is 296 g/mol. The van der Waals surface area contributed by atoms with Crippen LogP contribution in [0.15, 0.2) is 5.38 Å². The summed E-state index contributed by atoms with van der Waals surface area (Å²) in [4.78, 5) is 21.0. The zero-order valence-corrected chi connectivity index (χ0v) is 12.5. The number of aryl methyl sites for hydroxylation is 1. The van der Waals surface area contributed by atoms with E-state index in [1.807, 2.05) is 11.8 Å². The summed E-state index contributed by atoms with van der Waals surface area (Å²) in [6.45, 7) is 7.18. The van der Waals surface area contributed by atoms with Crippen LogP contribution in [-0.2, 0) is 9.53 Å². The SMILES string of the molecule is Cc1csc(N2CCN(C(=O)C3COCCN3)CC2)n1. The summed E-state index contributed by atoms with van der Waals surface area (Å²) < 4.78 is 5.36. The minimum absolute atomic E-state index is 0.166. The van der Waals surface area contributed by atoms with E-state index in [9.17, 15) is 4.79 Å². The number of aromatic nitrogens is 1. The Morgan fingerprint density at radius 2 is 2.25 bits per heavy atom. The number of anilines is 1. The molecule has 3 heterocycles. The van der Waals surface area contributed by atoms with Gasteiger partial charge in [0.25, 0.3) is 0 Å². The van der Waals surface area contributed by atoms with Gasteiger partial charge in [-0.2, -0.15) is 0 Å². The van der Waals surface area contributed by atoms with Crippen molar-refractivity contribution >= 4 is 22.4 Å². The largest absolute Gasteiger partial charge is 0.378 e. The molecule has 0 aromatic carbocycles. The molecular weight excluding hydrogens is 276 g/mol. The van der Waals surface area contributed by atoms with E-state index in [4.69, 9.17) is 4.74 Å². The van der Waals surface area contributed by atoms with E-state index in [0.29, 0.717) is 13.2 Å². The van der Waals surface area contributed by atoms with Gasteiger partial charge in [-0.1, -0.05) is 0 Å². The molecule has 0 spiro atoms. The number of nitrogens with one attached hydrogen (secondary N) is 1. The molecule has 0 saturated carbocycles. The molecule has 0 bridgehead atoms. The van der Waals surface area contributed by atoms with Crippen LogP contribution in [0.5, 0.6) is 0 Å². The molecule has 7 heteroatoms. The third kappa shape index (κ3) is 2.94. The number of nitrogens with zero attached hydrogens (tertiary/aromatic N) is 3. The van der Waals surface area contributed by atoms with Gasteiger partial charge in [0.1, 0.15) is 6.04 Å². The topological polar surface area (TPSA) is 57.7 Å². The standard InChI is InChI=1S/C13H20N4O2S/c1-10-9-20-13(15-10)17-5-3-16(4-6-17)12(18)11-8-19-7-2-14-11/h9,11,14H,2-8H2,1H3. The Kier molecular flexibility index (Phi) is 4.18. The number of hydrogen-bond donors (Lipinski definition) is 1. The molecule has 2 aliphatic rings. The highest BCUT2D eigenvalue weighted by molar-refractivity contribution is 7.13. The van der Waals surface area contributed by atoms with Crippen molar-refractivity contribution in [3.8, 4) is 0 Å². The summed E-state index contributed by atoms with van der Waals surface area (Å²) in [7, 11) is 0. The zero-order chi connectivity index (χ0) is 13.9. The van der Waals surface area contributed by atoms with Gasteiger partial charge in [-0.25, -0.2) is 4.98 Å². The number of hydrogen-bond acceptors (Lipinski definition) is 6. The van der Waals surface area contributed by atoms with E-state index in [1.165, 1.54) is 0 Å². The van der Waals surface area contributed by atoms with Gasteiger partial charge >= 0.3 is 0 Å². The molecule has 0 aliphatic carbocycles. The zero-order valence-electron chi connectivity index (χ0n) is 11.7. The highest BCUT2D eigenvalue weighted by Crippen LogP contribution is 2.21. The third-order valence-electron chi connectivity index (χ3n) is 3.69. The lowest BCUT2D eigenvalue weighted by atomic mass is 10.2. The number of carbonyl (C=O) groups is 1. The Labute approximate surface area is 122 Å². The second-order valence-electron chi connectivity index (χ2n) is 5.17.